The Morgan fingerprint density at radius 1 is 0.536 bits per heavy atom. The summed E-state index contributed by atoms with van der Waals surface area (Å²) in [5.41, 5.74) is 13.8. The van der Waals surface area contributed by atoms with Crippen molar-refractivity contribution in [1.82, 2.24) is 9.13 Å². The highest BCUT2D eigenvalue weighted by Crippen LogP contribution is 2.39. The lowest BCUT2D eigenvalue weighted by molar-refractivity contribution is 1.08. The second-order valence-electron chi connectivity index (χ2n) is 14.7. The third-order valence-corrected chi connectivity index (χ3v) is 11.3. The molecule has 0 N–H and O–H groups in total. The Morgan fingerprint density at radius 3 is 2.09 bits per heavy atom. The fraction of sp³-hybridized carbons (Fsp3) is 0.0741. The molecule has 2 heterocycles. The Bertz CT molecular complexity index is 2990. The third-order valence-electron chi connectivity index (χ3n) is 11.3. The third kappa shape index (κ3) is 6.10. The Kier molecular flexibility index (Phi) is 8.85. The van der Waals surface area contributed by atoms with Gasteiger partial charge in [-0.3, -0.25) is 0 Å². The zero-order valence-corrected chi connectivity index (χ0v) is 31.4. The quantitative estimate of drug-likeness (QED) is 0.162. The minimum atomic E-state index is 0.839. The van der Waals surface area contributed by atoms with E-state index in [1.165, 1.54) is 88.4 Å². The van der Waals surface area contributed by atoms with E-state index in [-0.39, 0.29) is 0 Å². The standard InChI is InChI=1S/C54H42N2/c1-2-4-15-30-50-47(28-14-3-1)48-37-39(31-34-51(48)55(50)43-23-10-6-11-24-43)19-18-29-45(40-20-8-5-9-21-40)42-33-35-52-49(38-42)54-46-27-17-16-22-41(46)32-36-53(54)56(52)44-25-12-7-13-26-44/h1-3,5-18,20,22-27,29-38H,4,19,21,28H2/b2-1-,14-3-,29-18-,30-15-,45-40+. The van der Waals surface area contributed by atoms with Crippen molar-refractivity contribution in [3.63, 3.8) is 0 Å². The van der Waals surface area contributed by atoms with E-state index >= 15 is 0 Å². The lowest BCUT2D eigenvalue weighted by Gasteiger charge is -2.12. The summed E-state index contributed by atoms with van der Waals surface area (Å²) >= 11 is 0. The summed E-state index contributed by atoms with van der Waals surface area (Å²) in [5, 5.41) is 6.43. The molecule has 0 amide bonds. The van der Waals surface area contributed by atoms with Crippen LogP contribution in [0.3, 0.4) is 0 Å². The molecule has 2 aliphatic rings. The summed E-state index contributed by atoms with van der Waals surface area (Å²) in [6, 6.07) is 49.0. The van der Waals surface area contributed by atoms with E-state index in [4.69, 9.17) is 0 Å². The number of para-hydroxylation sites is 2. The molecule has 0 saturated heterocycles. The molecule has 0 unspecified atom stereocenters. The molecule has 0 saturated carbocycles. The minimum absolute atomic E-state index is 0.839. The van der Waals surface area contributed by atoms with Gasteiger partial charge in [0.15, 0.2) is 0 Å². The number of hydrogen-bond donors (Lipinski definition) is 0. The first-order valence-electron chi connectivity index (χ1n) is 19.8. The van der Waals surface area contributed by atoms with Crippen molar-refractivity contribution in [3.05, 3.63) is 228 Å². The number of rotatable bonds is 6. The molecule has 0 radical (unpaired) electrons. The van der Waals surface area contributed by atoms with Crippen molar-refractivity contribution in [2.24, 2.45) is 0 Å². The maximum Gasteiger partial charge on any atom is 0.0547 e. The van der Waals surface area contributed by atoms with Crippen molar-refractivity contribution >= 4 is 55.1 Å². The number of benzene rings is 6. The SMILES string of the molecule is C1=CC/C(=C(\C=C/Cc2ccc3c(c2)c2c(n3-c3ccccc3)/C=C\C/C=C\C=C/C2)c2ccc3c(c2)c2c4ccccc4ccc2n3-c2ccccc2)C=C1. The molecule has 8 aromatic rings. The molecule has 2 heteroatoms. The van der Waals surface area contributed by atoms with Crippen LogP contribution in [-0.2, 0) is 12.8 Å². The van der Waals surface area contributed by atoms with Gasteiger partial charge in [0.1, 0.15) is 0 Å². The Hall–Kier alpha value is -6.90. The molecule has 6 aromatic carbocycles. The molecule has 2 aliphatic carbocycles. The predicted molar refractivity (Wildman–Crippen MR) is 240 cm³/mol. The highest BCUT2D eigenvalue weighted by Gasteiger charge is 2.18. The zero-order chi connectivity index (χ0) is 37.3. The Labute approximate surface area is 328 Å². The van der Waals surface area contributed by atoms with Crippen molar-refractivity contribution in [2.45, 2.75) is 25.7 Å². The summed E-state index contributed by atoms with van der Waals surface area (Å²) < 4.78 is 4.85. The van der Waals surface area contributed by atoms with Crippen molar-refractivity contribution in [1.29, 1.82) is 0 Å². The molecule has 10 rings (SSSR count). The molecular weight excluding hydrogens is 677 g/mol. The molecule has 0 spiro atoms. The van der Waals surface area contributed by atoms with Crippen LogP contribution < -0.4 is 0 Å². The van der Waals surface area contributed by atoms with Gasteiger partial charge in [0.25, 0.3) is 0 Å². The maximum absolute atomic E-state index is 2.43. The Morgan fingerprint density at radius 2 is 1.25 bits per heavy atom. The van der Waals surface area contributed by atoms with E-state index in [0.29, 0.717) is 0 Å². The molecule has 2 aromatic heterocycles. The van der Waals surface area contributed by atoms with Gasteiger partial charge in [-0.1, -0.05) is 146 Å². The van der Waals surface area contributed by atoms with E-state index in [0.717, 1.165) is 25.7 Å². The highest BCUT2D eigenvalue weighted by atomic mass is 15.0. The predicted octanol–water partition coefficient (Wildman–Crippen LogP) is 14.0. The van der Waals surface area contributed by atoms with Crippen LogP contribution in [-0.4, -0.2) is 9.13 Å². The van der Waals surface area contributed by atoms with Crippen LogP contribution in [0.25, 0.3) is 66.5 Å². The molecule has 0 aliphatic heterocycles. The molecule has 0 fully saturated rings. The van der Waals surface area contributed by atoms with Crippen molar-refractivity contribution in [2.75, 3.05) is 0 Å². The number of nitrogens with zero attached hydrogens (tertiary/aromatic N) is 2. The normalized spacial score (nSPS) is 16.9. The Balaban J connectivity index is 1.08. The lowest BCUT2D eigenvalue weighted by atomic mass is 9.93. The van der Waals surface area contributed by atoms with Gasteiger partial charge >= 0.3 is 0 Å². The molecule has 0 atom stereocenters. The second-order valence-corrected chi connectivity index (χ2v) is 14.7. The molecular formula is C54H42N2. The van der Waals surface area contributed by atoms with Crippen molar-refractivity contribution in [3.8, 4) is 11.4 Å². The van der Waals surface area contributed by atoms with Crippen LogP contribution in [0.1, 0.15) is 35.2 Å². The number of aromatic nitrogens is 2. The topological polar surface area (TPSA) is 9.86 Å². The van der Waals surface area contributed by atoms with Gasteiger partial charge in [-0.2, -0.15) is 0 Å². The summed E-state index contributed by atoms with van der Waals surface area (Å²) in [7, 11) is 0. The summed E-state index contributed by atoms with van der Waals surface area (Å²) in [6.45, 7) is 0. The van der Waals surface area contributed by atoms with Crippen LogP contribution >= 0.6 is 0 Å². The first-order chi connectivity index (χ1) is 27.8. The van der Waals surface area contributed by atoms with Crippen molar-refractivity contribution < 1.29 is 0 Å². The van der Waals surface area contributed by atoms with Gasteiger partial charge in [-0.15, -0.1) is 0 Å². The summed E-state index contributed by atoms with van der Waals surface area (Å²) in [5.74, 6) is 0. The monoisotopic (exact) mass is 718 g/mol. The van der Waals surface area contributed by atoms with Gasteiger partial charge in [-0.25, -0.2) is 0 Å². The molecule has 56 heavy (non-hydrogen) atoms. The van der Waals surface area contributed by atoms with Crippen LogP contribution in [0.4, 0.5) is 0 Å². The van der Waals surface area contributed by atoms with Gasteiger partial charge in [0.2, 0.25) is 0 Å². The minimum Gasteiger partial charge on any atom is -0.310 e. The molecule has 268 valence electrons. The van der Waals surface area contributed by atoms with Gasteiger partial charge < -0.3 is 9.13 Å². The fourth-order valence-electron chi connectivity index (χ4n) is 8.70. The van der Waals surface area contributed by atoms with E-state index in [1.807, 2.05) is 0 Å². The van der Waals surface area contributed by atoms with Gasteiger partial charge in [0.05, 0.1) is 22.2 Å². The maximum atomic E-state index is 2.43. The first-order valence-corrected chi connectivity index (χ1v) is 19.8. The average Bonchev–Trinajstić information content (AvgIpc) is 3.76. The smallest absolute Gasteiger partial charge is 0.0547 e. The molecule has 0 bridgehead atoms. The van der Waals surface area contributed by atoms with E-state index < -0.39 is 0 Å². The van der Waals surface area contributed by atoms with Crippen LogP contribution in [0.5, 0.6) is 0 Å². The average molecular weight is 719 g/mol. The van der Waals surface area contributed by atoms with E-state index in [1.54, 1.807) is 0 Å². The largest absolute Gasteiger partial charge is 0.310 e. The van der Waals surface area contributed by atoms with Gasteiger partial charge in [-0.05, 0) is 125 Å². The second kappa shape index (κ2) is 14.7. The molecule has 2 nitrogen and oxygen atoms in total. The first kappa shape index (κ1) is 33.7. The summed E-state index contributed by atoms with van der Waals surface area (Å²) in [6.07, 6.45) is 30.6. The van der Waals surface area contributed by atoms with E-state index in [9.17, 15) is 0 Å². The number of hydrogen-bond acceptors (Lipinski definition) is 0. The van der Waals surface area contributed by atoms with Crippen LogP contribution in [0.15, 0.2) is 206 Å². The van der Waals surface area contributed by atoms with Gasteiger partial charge in [0, 0.05) is 27.5 Å². The van der Waals surface area contributed by atoms with Crippen LogP contribution in [0.2, 0.25) is 0 Å². The highest BCUT2D eigenvalue weighted by molar-refractivity contribution is 6.21. The number of fused-ring (bicyclic) bond motifs is 8. The van der Waals surface area contributed by atoms with E-state index in [2.05, 4.69) is 216 Å². The number of allylic oxidation sites excluding steroid dienone is 13. The zero-order valence-electron chi connectivity index (χ0n) is 31.4. The van der Waals surface area contributed by atoms with Crippen LogP contribution in [0, 0.1) is 0 Å². The fourth-order valence-corrected chi connectivity index (χ4v) is 8.70. The summed E-state index contributed by atoms with van der Waals surface area (Å²) in [4.78, 5) is 0. The lowest BCUT2D eigenvalue weighted by Crippen LogP contribution is -1.97.